The summed E-state index contributed by atoms with van der Waals surface area (Å²) in [6.07, 6.45) is 1.99. The molecule has 0 radical (unpaired) electrons. The molecule has 9 nitrogen and oxygen atoms in total. The Bertz CT molecular complexity index is 995. The lowest BCUT2D eigenvalue weighted by molar-refractivity contribution is -0.136. The van der Waals surface area contributed by atoms with Crippen molar-refractivity contribution in [2.45, 2.75) is 19.8 Å². The number of aldehydes is 1. The van der Waals surface area contributed by atoms with E-state index in [9.17, 15) is 28.8 Å². The van der Waals surface area contributed by atoms with Crippen LogP contribution in [0.4, 0.5) is 0 Å². The van der Waals surface area contributed by atoms with Gasteiger partial charge in [0.15, 0.2) is 0 Å². The Morgan fingerprint density at radius 2 is 1.50 bits per heavy atom. The molecule has 0 unspecified atom stereocenters. The molecule has 4 amide bonds. The number of carbonyl (C=O) groups excluding carboxylic acids is 5. The topological polar surface area (TPSA) is 147 Å². The molecular weight excluding hydrogens is 480 g/mol. The first-order chi connectivity index (χ1) is 16.3. The number of carboxylic acids is 1. The summed E-state index contributed by atoms with van der Waals surface area (Å²) in [5, 5.41) is 12.5. The molecule has 1 heterocycles. The number of imide groups is 2. The number of carbonyl (C=O) groups is 6. The molecule has 0 saturated carbocycles. The summed E-state index contributed by atoms with van der Waals surface area (Å²) in [6.45, 7) is 1.82. The van der Waals surface area contributed by atoms with Crippen LogP contribution in [0, 0.1) is 6.92 Å². The van der Waals surface area contributed by atoms with Gasteiger partial charge in [0.1, 0.15) is 6.29 Å². The minimum Gasteiger partial charge on any atom is -0.481 e. The van der Waals surface area contributed by atoms with E-state index in [0.29, 0.717) is 35.3 Å². The van der Waals surface area contributed by atoms with Gasteiger partial charge in [-0.1, -0.05) is 51.9 Å². The summed E-state index contributed by atoms with van der Waals surface area (Å²) in [5.41, 5.74) is 2.33. The molecule has 3 rings (SSSR count). The largest absolute Gasteiger partial charge is 0.481 e. The molecule has 2 aromatic carbocycles. The molecule has 0 atom stereocenters. The third-order valence-electron chi connectivity index (χ3n) is 4.02. The maximum absolute atomic E-state index is 11.1. The lowest BCUT2D eigenvalue weighted by Gasteiger charge is -2.01. The number of aliphatic carboxylic acids is 1. The number of benzene rings is 2. The summed E-state index contributed by atoms with van der Waals surface area (Å²) >= 11 is 0. The highest BCUT2D eigenvalue weighted by Gasteiger charge is 2.25. The second kappa shape index (κ2) is 16.2. The molecule has 11 heteroatoms. The Morgan fingerprint density at radius 3 is 2.03 bits per heavy atom. The maximum atomic E-state index is 11.1. The molecular formula is C23H24N2O7S2. The fourth-order valence-electron chi connectivity index (χ4n) is 2.42. The van der Waals surface area contributed by atoms with Gasteiger partial charge in [-0.2, -0.15) is 0 Å². The first-order valence-electron chi connectivity index (χ1n) is 9.96. The van der Waals surface area contributed by atoms with Gasteiger partial charge in [0, 0.05) is 23.5 Å². The smallest absolute Gasteiger partial charge is 0.304 e. The van der Waals surface area contributed by atoms with Gasteiger partial charge in [-0.05, 0) is 30.7 Å². The van der Waals surface area contributed by atoms with Crippen molar-refractivity contribution in [2.75, 3.05) is 11.5 Å². The van der Waals surface area contributed by atoms with Gasteiger partial charge in [-0.15, -0.1) is 0 Å². The van der Waals surface area contributed by atoms with E-state index in [1.807, 2.05) is 19.1 Å². The SMILES string of the molecule is Cc1ccccc1C(=O)NC=O.O=C1NC(=O)c2ccccc21.O=CCCSSCCC(=O)O. The lowest BCUT2D eigenvalue weighted by Crippen LogP contribution is -2.21. The van der Waals surface area contributed by atoms with E-state index in [1.54, 1.807) is 47.2 Å². The summed E-state index contributed by atoms with van der Waals surface area (Å²) in [5.74, 6) is -0.347. The summed E-state index contributed by atoms with van der Waals surface area (Å²) in [4.78, 5) is 62.8. The molecule has 3 N–H and O–H groups in total. The fraction of sp³-hybridized carbons (Fsp3) is 0.217. The molecule has 0 bridgehead atoms. The monoisotopic (exact) mass is 504 g/mol. The molecule has 0 saturated heterocycles. The number of carboxylic acid groups (broad SMARTS) is 1. The Morgan fingerprint density at radius 1 is 0.941 bits per heavy atom. The minimum atomic E-state index is -0.770. The Kier molecular flexibility index (Phi) is 13.6. The van der Waals surface area contributed by atoms with Crippen molar-refractivity contribution in [2.24, 2.45) is 0 Å². The van der Waals surface area contributed by atoms with Crippen LogP contribution < -0.4 is 10.6 Å². The zero-order chi connectivity index (χ0) is 25.3. The van der Waals surface area contributed by atoms with Crippen molar-refractivity contribution in [1.82, 2.24) is 10.6 Å². The van der Waals surface area contributed by atoms with Crippen molar-refractivity contribution in [3.63, 3.8) is 0 Å². The average Bonchev–Trinajstić information content (AvgIpc) is 3.11. The highest BCUT2D eigenvalue weighted by atomic mass is 33.1. The highest BCUT2D eigenvalue weighted by molar-refractivity contribution is 8.76. The van der Waals surface area contributed by atoms with Crippen molar-refractivity contribution < 1.29 is 33.9 Å². The van der Waals surface area contributed by atoms with Crippen molar-refractivity contribution >= 4 is 58.0 Å². The third kappa shape index (κ3) is 10.5. The third-order valence-corrected chi connectivity index (χ3v) is 6.46. The molecule has 1 aliphatic heterocycles. The predicted molar refractivity (Wildman–Crippen MR) is 131 cm³/mol. The number of rotatable bonds is 9. The molecule has 2 aromatic rings. The fourth-order valence-corrected chi connectivity index (χ4v) is 4.35. The van der Waals surface area contributed by atoms with E-state index in [-0.39, 0.29) is 24.1 Å². The molecule has 0 fully saturated rings. The van der Waals surface area contributed by atoms with Crippen LogP contribution in [0.5, 0.6) is 0 Å². The summed E-state index contributed by atoms with van der Waals surface area (Å²) in [6, 6.07) is 13.8. The Hall–Kier alpha value is -3.44. The van der Waals surface area contributed by atoms with E-state index in [1.165, 1.54) is 10.8 Å². The van der Waals surface area contributed by atoms with E-state index < -0.39 is 5.97 Å². The number of hydrogen-bond donors (Lipinski definition) is 3. The molecule has 0 aromatic heterocycles. The van der Waals surface area contributed by atoms with E-state index in [4.69, 9.17) is 5.11 Å². The summed E-state index contributed by atoms with van der Waals surface area (Å²) in [7, 11) is 3.04. The zero-order valence-corrected chi connectivity index (χ0v) is 19.9. The first kappa shape index (κ1) is 28.6. The second-order valence-electron chi connectivity index (χ2n) is 6.48. The van der Waals surface area contributed by atoms with Crippen LogP contribution in [0.3, 0.4) is 0 Å². The number of aryl methyl sites for hydroxylation is 1. The molecule has 0 aliphatic carbocycles. The minimum absolute atomic E-state index is 0.193. The Balaban J connectivity index is 0.000000255. The number of amides is 4. The maximum Gasteiger partial charge on any atom is 0.304 e. The second-order valence-corrected chi connectivity index (χ2v) is 9.18. The van der Waals surface area contributed by atoms with Crippen LogP contribution in [0.1, 0.15) is 49.5 Å². The van der Waals surface area contributed by atoms with E-state index in [0.717, 1.165) is 17.6 Å². The Labute approximate surface area is 204 Å². The van der Waals surface area contributed by atoms with Crippen molar-refractivity contribution in [1.29, 1.82) is 0 Å². The quantitative estimate of drug-likeness (QED) is 0.203. The predicted octanol–water partition coefficient (Wildman–Crippen LogP) is 2.88. The van der Waals surface area contributed by atoms with E-state index in [2.05, 4.69) is 10.6 Å². The van der Waals surface area contributed by atoms with Crippen LogP contribution in [0.25, 0.3) is 0 Å². The van der Waals surface area contributed by atoms with Crippen molar-refractivity contribution in [3.05, 3.63) is 70.8 Å². The average molecular weight is 505 g/mol. The first-order valence-corrected chi connectivity index (χ1v) is 12.4. The lowest BCUT2D eigenvalue weighted by atomic mass is 10.1. The van der Waals surface area contributed by atoms with Crippen LogP contribution >= 0.6 is 21.6 Å². The summed E-state index contributed by atoms with van der Waals surface area (Å²) < 4.78 is 0. The molecule has 180 valence electrons. The van der Waals surface area contributed by atoms with Gasteiger partial charge in [0.25, 0.3) is 17.7 Å². The highest BCUT2D eigenvalue weighted by Crippen LogP contribution is 2.21. The van der Waals surface area contributed by atoms with Crippen molar-refractivity contribution in [3.8, 4) is 0 Å². The van der Waals surface area contributed by atoms with Gasteiger partial charge in [0.2, 0.25) is 6.41 Å². The molecule has 1 aliphatic rings. The van der Waals surface area contributed by atoms with Gasteiger partial charge in [-0.25, -0.2) is 0 Å². The van der Waals surface area contributed by atoms with Crippen LogP contribution in [0.15, 0.2) is 48.5 Å². The normalized spacial score (nSPS) is 11.0. The number of hydrogen-bond acceptors (Lipinski definition) is 8. The molecule has 34 heavy (non-hydrogen) atoms. The molecule has 0 spiro atoms. The van der Waals surface area contributed by atoms with Gasteiger partial charge in [0.05, 0.1) is 17.5 Å². The van der Waals surface area contributed by atoms with Gasteiger partial charge >= 0.3 is 5.97 Å². The van der Waals surface area contributed by atoms with Crippen LogP contribution in [-0.2, 0) is 14.4 Å². The van der Waals surface area contributed by atoms with Gasteiger partial charge in [-0.3, -0.25) is 34.6 Å². The van der Waals surface area contributed by atoms with Crippen LogP contribution in [-0.4, -0.2) is 53.0 Å². The van der Waals surface area contributed by atoms with E-state index >= 15 is 0 Å². The van der Waals surface area contributed by atoms with Crippen LogP contribution in [0.2, 0.25) is 0 Å². The standard InChI is InChI=1S/C9H9NO2.C8H5NO2.C6H10O3S2/c1-7-4-2-3-5-8(7)9(12)10-6-11;10-7-5-3-1-2-4-6(5)8(11)9-7;7-3-1-4-10-11-5-2-6(8)9/h2-6H,1H3,(H,10,11,12);1-4H,(H,9,10,11);3H,1-2,4-5H2,(H,8,9). The number of nitrogens with one attached hydrogen (secondary N) is 2. The zero-order valence-electron chi connectivity index (χ0n) is 18.3. The number of fused-ring (bicyclic) bond motifs is 1. The van der Waals surface area contributed by atoms with Gasteiger partial charge < -0.3 is 9.90 Å².